The van der Waals surface area contributed by atoms with Crippen LogP contribution in [0, 0.1) is 0 Å². The molecule has 1 aliphatic heterocycles. The summed E-state index contributed by atoms with van der Waals surface area (Å²) in [6, 6.07) is 15.9. The third-order valence-electron chi connectivity index (χ3n) is 4.90. The Labute approximate surface area is 177 Å². The molecule has 2 N–H and O–H groups in total. The number of nitrogens with zero attached hydrogens (tertiary/aromatic N) is 2. The van der Waals surface area contributed by atoms with Crippen molar-refractivity contribution < 1.29 is 42.7 Å². The number of hydrogen-bond acceptors (Lipinski definition) is 4. The first kappa shape index (κ1) is 21.1. The molecule has 1 saturated heterocycles. The molecule has 2 fully saturated rings. The molecule has 1 aliphatic carbocycles. The molecule has 0 spiro atoms. The Bertz CT molecular complexity index is 868. The monoisotopic (exact) mass is 436 g/mol. The number of phenols is 2. The number of benzene rings is 2. The van der Waals surface area contributed by atoms with Crippen LogP contribution in [0.25, 0.3) is 0 Å². The number of rotatable bonds is 2. The van der Waals surface area contributed by atoms with Crippen LogP contribution in [0.15, 0.2) is 48.5 Å². The molecule has 2 aromatic carbocycles. The molecule has 2 unspecified atom stereocenters. The summed E-state index contributed by atoms with van der Waals surface area (Å²) < 4.78 is 4.75. The van der Waals surface area contributed by atoms with Crippen LogP contribution in [-0.4, -0.2) is 47.9 Å². The summed E-state index contributed by atoms with van der Waals surface area (Å²) in [6.45, 7) is 0.972. The normalized spacial score (nSPS) is 23.3. The Balaban J connectivity index is 0.000000552. The van der Waals surface area contributed by atoms with E-state index in [1.54, 1.807) is 12.1 Å². The number of fused-ring (bicyclic) bond motifs is 1. The molecule has 1 saturated carbocycles. The van der Waals surface area contributed by atoms with Gasteiger partial charge in [0.2, 0.25) is 0 Å². The van der Waals surface area contributed by atoms with Crippen molar-refractivity contribution in [1.29, 1.82) is 0 Å². The van der Waals surface area contributed by atoms with Gasteiger partial charge in [-0.1, -0.05) is 0 Å². The standard InChI is InChI=1S/C20H22N2O2.C2H4O2.Mn/c23-19-11-5-1-7-15(19)13-21-17-9-3-4-10-18(17)22-14-16-8-2-6-12-20(16)24;1-2(3)4;/h1-2,5-8,11-14,17-18,23-24H,3-4,9-10H2;1H3,(H,3,4);/q;;+2/p-1. The van der Waals surface area contributed by atoms with Gasteiger partial charge in [0.25, 0.3) is 0 Å². The zero-order valence-corrected chi connectivity index (χ0v) is 17.4. The van der Waals surface area contributed by atoms with Crippen LogP contribution in [0.3, 0.4) is 0 Å². The van der Waals surface area contributed by atoms with Gasteiger partial charge >= 0.3 is 154 Å². The van der Waals surface area contributed by atoms with E-state index in [1.165, 1.54) is 25.7 Å². The summed E-state index contributed by atoms with van der Waals surface area (Å²) in [5.41, 5.74) is 1.73. The predicted octanol–water partition coefficient (Wildman–Crippen LogP) is 1.65. The Morgan fingerprint density at radius 2 is 1.31 bits per heavy atom. The quantitative estimate of drug-likeness (QED) is 0.702. The molecule has 153 valence electrons. The molecule has 2 aromatic rings. The molecule has 29 heavy (non-hydrogen) atoms. The average molecular weight is 436 g/mol. The number of carboxylic acid groups (broad SMARTS) is 1. The Morgan fingerprint density at radius 3 is 1.69 bits per heavy atom. The number of para-hydroxylation sites is 2. The maximum atomic E-state index is 10.1. The van der Waals surface area contributed by atoms with Gasteiger partial charge in [-0.05, 0) is 6.92 Å². The van der Waals surface area contributed by atoms with Gasteiger partial charge in [0.15, 0.2) is 0 Å². The summed E-state index contributed by atoms with van der Waals surface area (Å²) in [6.07, 6.45) is 9.04. The number of carbonyl (C=O) groups is 1. The van der Waals surface area contributed by atoms with E-state index in [1.807, 2.05) is 36.4 Å². The first-order valence-corrected chi connectivity index (χ1v) is 10.7. The van der Waals surface area contributed by atoms with Crippen LogP contribution in [0.4, 0.5) is 0 Å². The molecule has 4 rings (SSSR count). The third kappa shape index (κ3) is 5.46. The van der Waals surface area contributed by atoms with E-state index < -0.39 is 5.97 Å². The number of carbonyl (C=O) groups excluding carboxylic acids is 1. The topological polar surface area (TPSA) is 86.6 Å². The van der Waals surface area contributed by atoms with E-state index >= 15 is 0 Å². The SMILES string of the molecule is CC(=O)[O-].Oc1ccccc1C=[N+]1[Mn][N+](=Cc2ccccc2O)C2CCCCC21. The van der Waals surface area contributed by atoms with Gasteiger partial charge in [0, 0.05) is 5.97 Å². The molecule has 0 amide bonds. The maximum absolute atomic E-state index is 10.1. The van der Waals surface area contributed by atoms with Crippen LogP contribution >= 0.6 is 0 Å². The van der Waals surface area contributed by atoms with E-state index in [2.05, 4.69) is 19.6 Å². The summed E-state index contributed by atoms with van der Waals surface area (Å²) in [7, 11) is 0. The van der Waals surface area contributed by atoms with E-state index in [9.17, 15) is 10.2 Å². The molecule has 6 nitrogen and oxygen atoms in total. The third-order valence-corrected chi connectivity index (χ3v) is 6.53. The van der Waals surface area contributed by atoms with Crippen molar-refractivity contribution in [3.63, 3.8) is 0 Å². The van der Waals surface area contributed by atoms with Crippen molar-refractivity contribution in [2.24, 2.45) is 0 Å². The summed E-state index contributed by atoms with van der Waals surface area (Å²) in [4.78, 5) is 8.89. The second kappa shape index (κ2) is 9.72. The molecular weight excluding hydrogens is 411 g/mol. The van der Waals surface area contributed by atoms with Gasteiger partial charge in [-0.25, -0.2) is 0 Å². The van der Waals surface area contributed by atoms with E-state index in [4.69, 9.17) is 9.90 Å². The predicted molar refractivity (Wildman–Crippen MR) is 104 cm³/mol. The Hall–Kier alpha value is -2.63. The zero-order chi connectivity index (χ0) is 20.8. The van der Waals surface area contributed by atoms with Crippen LogP contribution in [0.5, 0.6) is 11.5 Å². The van der Waals surface area contributed by atoms with Gasteiger partial charge in [-0.2, -0.15) is 0 Å². The first-order chi connectivity index (χ1) is 14.0. The van der Waals surface area contributed by atoms with Crippen LogP contribution in [-0.2, 0) is 20.2 Å². The fourth-order valence-electron chi connectivity index (χ4n) is 3.57. The van der Waals surface area contributed by atoms with Crippen molar-refractivity contribution in [1.82, 2.24) is 0 Å². The molecular formula is C22H25MnN2O4+. The fourth-order valence-corrected chi connectivity index (χ4v) is 5.41. The molecule has 2 atom stereocenters. The molecule has 0 aromatic heterocycles. The number of aromatic hydroxyl groups is 2. The zero-order valence-electron chi connectivity index (χ0n) is 16.2. The van der Waals surface area contributed by atoms with Crippen molar-refractivity contribution in [3.8, 4) is 11.5 Å². The Kier molecular flexibility index (Phi) is 7.07. The van der Waals surface area contributed by atoms with Crippen molar-refractivity contribution in [2.45, 2.75) is 44.7 Å². The molecule has 1 heterocycles. The first-order valence-electron chi connectivity index (χ1n) is 9.61. The van der Waals surface area contributed by atoms with Gasteiger partial charge in [0.1, 0.15) is 0 Å². The fraction of sp³-hybridized carbons (Fsp3) is 0.318. The van der Waals surface area contributed by atoms with Crippen molar-refractivity contribution in [3.05, 3.63) is 59.7 Å². The summed E-state index contributed by atoms with van der Waals surface area (Å²) in [5, 5.41) is 29.1. The van der Waals surface area contributed by atoms with Crippen LogP contribution < -0.4 is 5.11 Å². The number of aliphatic carboxylic acids is 1. The second-order valence-electron chi connectivity index (χ2n) is 7.05. The second-order valence-corrected chi connectivity index (χ2v) is 8.51. The van der Waals surface area contributed by atoms with Gasteiger partial charge in [0.05, 0.1) is 0 Å². The minimum atomic E-state index is -1.08. The number of carboxylic acids is 1. The Morgan fingerprint density at radius 1 is 0.931 bits per heavy atom. The van der Waals surface area contributed by atoms with E-state index in [0.29, 0.717) is 39.0 Å². The number of hydrogen-bond donors (Lipinski definition) is 2. The minimum absolute atomic E-state index is 0.323. The molecule has 7 heteroatoms. The van der Waals surface area contributed by atoms with Crippen molar-refractivity contribution >= 4 is 18.4 Å². The number of phenolic OH excluding ortho intramolecular Hbond substituents is 2. The molecule has 0 radical (unpaired) electrons. The van der Waals surface area contributed by atoms with E-state index in [0.717, 1.165) is 18.1 Å². The molecule has 2 aliphatic rings. The average Bonchev–Trinajstić information content (AvgIpc) is 3.03. The van der Waals surface area contributed by atoms with Gasteiger partial charge < -0.3 is 9.90 Å². The van der Waals surface area contributed by atoms with Crippen molar-refractivity contribution in [2.75, 3.05) is 0 Å². The van der Waals surface area contributed by atoms with E-state index in [-0.39, 0.29) is 0 Å². The van der Waals surface area contributed by atoms with Gasteiger partial charge in [-0.15, -0.1) is 0 Å². The van der Waals surface area contributed by atoms with Gasteiger partial charge in [-0.3, -0.25) is 0 Å². The summed E-state index contributed by atoms with van der Waals surface area (Å²) in [5.74, 6) is -0.438. The summed E-state index contributed by atoms with van der Waals surface area (Å²) >= 11 is 0.446. The van der Waals surface area contributed by atoms with Crippen LogP contribution in [0.1, 0.15) is 43.7 Å². The van der Waals surface area contributed by atoms with Crippen LogP contribution in [0.2, 0.25) is 0 Å². The molecule has 0 bridgehead atoms.